The molecule has 0 unspecified atom stereocenters. The molecule has 1 aromatic rings. The van der Waals surface area contributed by atoms with Crippen LogP contribution in [0.2, 0.25) is 0 Å². The van der Waals surface area contributed by atoms with Gasteiger partial charge in [-0.3, -0.25) is 4.79 Å². The Morgan fingerprint density at radius 3 is 2.45 bits per heavy atom. The minimum Gasteiger partial charge on any atom is -0.396 e. The Balaban J connectivity index is 2.72. The fraction of sp³-hybridized carbons (Fsp3) is 0.364. The summed E-state index contributed by atoms with van der Waals surface area (Å²) in [7, 11) is -0.744. The van der Waals surface area contributed by atoms with Crippen LogP contribution in [0, 0.1) is 11.6 Å². The van der Waals surface area contributed by atoms with Gasteiger partial charge in [0.25, 0.3) is 5.91 Å². The number of rotatable bonds is 5. The summed E-state index contributed by atoms with van der Waals surface area (Å²) >= 11 is 0. The quantitative estimate of drug-likeness (QED) is 0.758. The van der Waals surface area contributed by atoms with E-state index < -0.39 is 33.1 Å². The number of amides is 1. The molecule has 0 bridgehead atoms. The second kappa shape index (κ2) is 6.14. The van der Waals surface area contributed by atoms with Gasteiger partial charge in [-0.05, 0) is 6.07 Å². The standard InChI is InChI=1S/C11H15F2N3O3S/c1-16(2)20(18,19)4-3-15-11(17)7-5-10(14)9(13)6-8(7)12/h5-6H,3-4,14H2,1-2H3,(H,15,17). The topological polar surface area (TPSA) is 92.5 Å². The van der Waals surface area contributed by atoms with Crippen molar-refractivity contribution in [2.45, 2.75) is 0 Å². The molecule has 0 aromatic heterocycles. The maximum absolute atomic E-state index is 13.4. The third-order valence-corrected chi connectivity index (χ3v) is 4.37. The summed E-state index contributed by atoms with van der Waals surface area (Å²) in [5.74, 6) is -3.22. The zero-order valence-corrected chi connectivity index (χ0v) is 11.8. The van der Waals surface area contributed by atoms with Crippen LogP contribution in [0.5, 0.6) is 0 Å². The molecule has 9 heteroatoms. The van der Waals surface area contributed by atoms with E-state index in [0.29, 0.717) is 6.07 Å². The number of nitrogens with one attached hydrogen (secondary N) is 1. The third kappa shape index (κ3) is 3.87. The molecule has 6 nitrogen and oxygen atoms in total. The van der Waals surface area contributed by atoms with E-state index in [1.54, 1.807) is 0 Å². The fourth-order valence-electron chi connectivity index (χ4n) is 1.31. The Labute approximate surface area is 115 Å². The lowest BCUT2D eigenvalue weighted by Crippen LogP contribution is -2.34. The Morgan fingerprint density at radius 2 is 1.90 bits per heavy atom. The molecule has 20 heavy (non-hydrogen) atoms. The number of nitrogens with two attached hydrogens (primary N) is 1. The average molecular weight is 307 g/mol. The van der Waals surface area contributed by atoms with Crippen LogP contribution in [-0.4, -0.2) is 45.0 Å². The van der Waals surface area contributed by atoms with E-state index in [0.717, 1.165) is 10.4 Å². The molecule has 0 aliphatic heterocycles. The lowest BCUT2D eigenvalue weighted by Gasteiger charge is -2.12. The monoisotopic (exact) mass is 307 g/mol. The average Bonchev–Trinajstić information content (AvgIpc) is 2.33. The molecule has 0 aliphatic carbocycles. The van der Waals surface area contributed by atoms with Crippen LogP contribution in [0.4, 0.5) is 14.5 Å². The zero-order chi connectivity index (χ0) is 15.5. The highest BCUT2D eigenvalue weighted by Crippen LogP contribution is 2.16. The van der Waals surface area contributed by atoms with E-state index >= 15 is 0 Å². The van der Waals surface area contributed by atoms with Gasteiger partial charge < -0.3 is 11.1 Å². The van der Waals surface area contributed by atoms with Crippen molar-refractivity contribution in [3.8, 4) is 0 Å². The van der Waals surface area contributed by atoms with Crippen molar-refractivity contribution >= 4 is 21.6 Å². The molecule has 1 amide bonds. The van der Waals surface area contributed by atoms with Crippen LogP contribution >= 0.6 is 0 Å². The summed E-state index contributed by atoms with van der Waals surface area (Å²) in [4.78, 5) is 11.6. The molecule has 0 radical (unpaired) electrons. The molecule has 112 valence electrons. The van der Waals surface area contributed by atoms with Gasteiger partial charge in [-0.15, -0.1) is 0 Å². The summed E-state index contributed by atoms with van der Waals surface area (Å²) in [6, 6.07) is 1.36. The highest BCUT2D eigenvalue weighted by Gasteiger charge is 2.17. The number of carbonyl (C=O) groups is 1. The minimum atomic E-state index is -3.46. The molecule has 0 saturated carbocycles. The number of anilines is 1. The van der Waals surface area contributed by atoms with Gasteiger partial charge >= 0.3 is 0 Å². The maximum Gasteiger partial charge on any atom is 0.254 e. The van der Waals surface area contributed by atoms with Crippen molar-refractivity contribution < 1.29 is 22.0 Å². The summed E-state index contributed by atoms with van der Waals surface area (Å²) in [6.07, 6.45) is 0. The first-order chi connectivity index (χ1) is 9.15. The molecule has 0 atom stereocenters. The highest BCUT2D eigenvalue weighted by molar-refractivity contribution is 7.89. The van der Waals surface area contributed by atoms with Crippen molar-refractivity contribution in [1.29, 1.82) is 0 Å². The molecule has 0 saturated heterocycles. The first-order valence-electron chi connectivity index (χ1n) is 5.58. The Kier molecular flexibility index (Phi) is 5.01. The molecule has 1 rings (SSSR count). The first kappa shape index (κ1) is 16.3. The van der Waals surface area contributed by atoms with Crippen LogP contribution in [-0.2, 0) is 10.0 Å². The number of nitrogens with zero attached hydrogens (tertiary/aromatic N) is 1. The summed E-state index contributed by atoms with van der Waals surface area (Å²) < 4.78 is 50.2. The second-order valence-corrected chi connectivity index (χ2v) is 6.51. The van der Waals surface area contributed by atoms with E-state index in [1.165, 1.54) is 14.1 Å². The molecule has 0 fully saturated rings. The lowest BCUT2D eigenvalue weighted by molar-refractivity contribution is 0.0952. The Hall–Kier alpha value is -1.74. The minimum absolute atomic E-state index is 0.198. The van der Waals surface area contributed by atoms with Crippen LogP contribution in [0.3, 0.4) is 0 Å². The molecule has 0 spiro atoms. The highest BCUT2D eigenvalue weighted by atomic mass is 32.2. The second-order valence-electron chi connectivity index (χ2n) is 4.21. The van der Waals surface area contributed by atoms with Gasteiger partial charge in [0.2, 0.25) is 10.0 Å². The molecule has 0 heterocycles. The number of halogens is 2. The van der Waals surface area contributed by atoms with E-state index in [1.807, 2.05) is 0 Å². The normalized spacial score (nSPS) is 11.7. The van der Waals surface area contributed by atoms with Gasteiger partial charge in [0.05, 0.1) is 17.0 Å². The Bertz CT molecular complexity index is 618. The zero-order valence-electron chi connectivity index (χ0n) is 11.0. The predicted octanol–water partition coefficient (Wildman–Crippen LogP) is 0.168. The molecule has 3 N–H and O–H groups in total. The SMILES string of the molecule is CN(C)S(=O)(=O)CCNC(=O)c1cc(N)c(F)cc1F. The third-order valence-electron chi connectivity index (χ3n) is 2.53. The van der Waals surface area contributed by atoms with Crippen molar-refractivity contribution in [2.75, 3.05) is 32.1 Å². The van der Waals surface area contributed by atoms with Gasteiger partial charge in [0.1, 0.15) is 11.6 Å². The number of hydrogen-bond donors (Lipinski definition) is 2. The lowest BCUT2D eigenvalue weighted by atomic mass is 10.1. The van der Waals surface area contributed by atoms with Gasteiger partial charge in [-0.2, -0.15) is 0 Å². The Morgan fingerprint density at radius 1 is 1.30 bits per heavy atom. The van der Waals surface area contributed by atoms with Crippen molar-refractivity contribution in [3.05, 3.63) is 29.3 Å². The molecule has 1 aromatic carbocycles. The van der Waals surface area contributed by atoms with E-state index in [9.17, 15) is 22.0 Å². The fourth-order valence-corrected chi connectivity index (χ4v) is 2.04. The first-order valence-corrected chi connectivity index (χ1v) is 7.19. The molecule has 0 aliphatic rings. The van der Waals surface area contributed by atoms with Gasteiger partial charge in [-0.25, -0.2) is 21.5 Å². The molecular formula is C11H15F2N3O3S. The van der Waals surface area contributed by atoms with Crippen LogP contribution in [0.25, 0.3) is 0 Å². The van der Waals surface area contributed by atoms with Gasteiger partial charge in [0, 0.05) is 26.7 Å². The van der Waals surface area contributed by atoms with Crippen LogP contribution in [0.1, 0.15) is 10.4 Å². The predicted molar refractivity (Wildman–Crippen MR) is 70.6 cm³/mol. The van der Waals surface area contributed by atoms with E-state index in [-0.39, 0.29) is 18.0 Å². The van der Waals surface area contributed by atoms with Gasteiger partial charge in [-0.1, -0.05) is 0 Å². The van der Waals surface area contributed by atoms with Crippen molar-refractivity contribution in [3.63, 3.8) is 0 Å². The van der Waals surface area contributed by atoms with Crippen molar-refractivity contribution in [1.82, 2.24) is 9.62 Å². The van der Waals surface area contributed by atoms with Gasteiger partial charge in [0.15, 0.2) is 0 Å². The van der Waals surface area contributed by atoms with Crippen LogP contribution in [0.15, 0.2) is 12.1 Å². The summed E-state index contributed by atoms with van der Waals surface area (Å²) in [5, 5.41) is 2.23. The summed E-state index contributed by atoms with van der Waals surface area (Å²) in [6.45, 7) is -0.198. The van der Waals surface area contributed by atoms with E-state index in [4.69, 9.17) is 5.73 Å². The maximum atomic E-state index is 13.4. The largest absolute Gasteiger partial charge is 0.396 e. The van der Waals surface area contributed by atoms with Crippen LogP contribution < -0.4 is 11.1 Å². The number of sulfonamides is 1. The number of nitrogen functional groups attached to an aromatic ring is 1. The number of hydrogen-bond acceptors (Lipinski definition) is 4. The molecular weight excluding hydrogens is 292 g/mol. The summed E-state index contributed by atoms with van der Waals surface area (Å²) in [5.41, 5.74) is 4.44. The smallest absolute Gasteiger partial charge is 0.254 e. The number of carbonyl (C=O) groups excluding carboxylic acids is 1. The van der Waals surface area contributed by atoms with Crippen molar-refractivity contribution in [2.24, 2.45) is 0 Å². The number of benzene rings is 1. The van der Waals surface area contributed by atoms with E-state index in [2.05, 4.69) is 5.32 Å².